The lowest BCUT2D eigenvalue weighted by atomic mass is 10.0. The van der Waals surface area contributed by atoms with Crippen molar-refractivity contribution >= 4 is 17.6 Å². The first kappa shape index (κ1) is 23.0. The van der Waals surface area contributed by atoms with Crippen molar-refractivity contribution in [2.75, 3.05) is 5.32 Å². The number of hydrogen-bond acceptors (Lipinski definition) is 3. The number of guanidine groups is 1. The van der Waals surface area contributed by atoms with Crippen LogP contribution in [0.15, 0.2) is 78.0 Å². The maximum absolute atomic E-state index is 12.8. The maximum Gasteiger partial charge on any atom is 0.416 e. The zero-order chi connectivity index (χ0) is 23.1. The van der Waals surface area contributed by atoms with Gasteiger partial charge in [0.05, 0.1) is 12.1 Å². The summed E-state index contributed by atoms with van der Waals surface area (Å²) in [6.07, 6.45) is -1.18. The van der Waals surface area contributed by atoms with Gasteiger partial charge in [-0.1, -0.05) is 26.0 Å². The summed E-state index contributed by atoms with van der Waals surface area (Å²) in [4.78, 5) is 21.1. The molecule has 1 heterocycles. The second kappa shape index (κ2) is 10.1. The van der Waals surface area contributed by atoms with Crippen LogP contribution in [0, 0.1) is 0 Å². The highest BCUT2D eigenvalue weighted by Gasteiger charge is 2.30. The third kappa shape index (κ3) is 6.41. The first-order chi connectivity index (χ1) is 15.2. The molecule has 5 nitrogen and oxygen atoms in total. The van der Waals surface area contributed by atoms with Gasteiger partial charge < -0.3 is 5.32 Å². The molecule has 0 saturated heterocycles. The van der Waals surface area contributed by atoms with E-state index in [4.69, 9.17) is 0 Å². The molecule has 0 unspecified atom stereocenters. The van der Waals surface area contributed by atoms with Crippen LogP contribution in [0.3, 0.4) is 0 Å². The van der Waals surface area contributed by atoms with Crippen LogP contribution >= 0.6 is 0 Å². The van der Waals surface area contributed by atoms with Gasteiger partial charge >= 0.3 is 6.18 Å². The summed E-state index contributed by atoms with van der Waals surface area (Å²) in [5, 5.41) is 5.77. The highest BCUT2D eigenvalue weighted by molar-refractivity contribution is 6.10. The normalized spacial score (nSPS) is 12.0. The molecule has 0 aliphatic carbocycles. The second-order valence-corrected chi connectivity index (χ2v) is 7.45. The number of nitrogens with zero attached hydrogens (tertiary/aromatic N) is 2. The third-order valence-electron chi connectivity index (χ3n) is 4.69. The summed E-state index contributed by atoms with van der Waals surface area (Å²) >= 11 is 0. The Bertz CT molecular complexity index is 1080. The van der Waals surface area contributed by atoms with E-state index in [1.54, 1.807) is 24.5 Å². The zero-order valence-electron chi connectivity index (χ0n) is 17.6. The molecule has 2 aromatic carbocycles. The first-order valence-corrected chi connectivity index (χ1v) is 10.0. The molecule has 8 heteroatoms. The summed E-state index contributed by atoms with van der Waals surface area (Å²) in [6, 6.07) is 15.3. The Morgan fingerprint density at radius 1 is 1.03 bits per heavy atom. The molecule has 0 bridgehead atoms. The fourth-order valence-corrected chi connectivity index (χ4v) is 2.87. The molecule has 32 heavy (non-hydrogen) atoms. The van der Waals surface area contributed by atoms with Crippen LogP contribution in [0.1, 0.15) is 46.8 Å². The number of anilines is 1. The van der Waals surface area contributed by atoms with Gasteiger partial charge in [-0.2, -0.15) is 13.2 Å². The van der Waals surface area contributed by atoms with E-state index in [0.717, 1.165) is 41.1 Å². The minimum absolute atomic E-state index is 0.0901. The van der Waals surface area contributed by atoms with Gasteiger partial charge in [0, 0.05) is 23.6 Å². The van der Waals surface area contributed by atoms with E-state index in [1.807, 2.05) is 24.3 Å². The van der Waals surface area contributed by atoms with Gasteiger partial charge in [0.25, 0.3) is 5.91 Å². The molecule has 0 fully saturated rings. The van der Waals surface area contributed by atoms with E-state index in [0.29, 0.717) is 5.92 Å². The van der Waals surface area contributed by atoms with Gasteiger partial charge in [-0.3, -0.25) is 15.1 Å². The van der Waals surface area contributed by atoms with E-state index >= 15 is 0 Å². The third-order valence-corrected chi connectivity index (χ3v) is 4.69. The number of carbonyl (C=O) groups is 1. The quantitative estimate of drug-likeness (QED) is 0.400. The van der Waals surface area contributed by atoms with Gasteiger partial charge in [-0.15, -0.1) is 0 Å². The molecule has 3 rings (SSSR count). The lowest BCUT2D eigenvalue weighted by molar-refractivity contribution is -0.137. The van der Waals surface area contributed by atoms with Crippen molar-refractivity contribution in [3.63, 3.8) is 0 Å². The summed E-state index contributed by atoms with van der Waals surface area (Å²) in [7, 11) is 0. The van der Waals surface area contributed by atoms with Crippen LogP contribution in [0.4, 0.5) is 18.9 Å². The number of halogens is 3. The molecule has 1 amide bonds. The van der Waals surface area contributed by atoms with Gasteiger partial charge in [0.15, 0.2) is 0 Å². The molecule has 2 N–H and O–H groups in total. The maximum atomic E-state index is 12.8. The average Bonchev–Trinajstić information content (AvgIpc) is 2.78. The van der Waals surface area contributed by atoms with Crippen molar-refractivity contribution in [2.24, 2.45) is 4.99 Å². The lowest BCUT2D eigenvalue weighted by Gasteiger charge is -2.14. The molecular formula is C24H23F3N4O. The Morgan fingerprint density at radius 2 is 1.72 bits per heavy atom. The van der Waals surface area contributed by atoms with Crippen molar-refractivity contribution < 1.29 is 18.0 Å². The largest absolute Gasteiger partial charge is 0.416 e. The fraction of sp³-hybridized carbons (Fsp3) is 0.208. The number of carbonyl (C=O) groups excluding carboxylic acids is 1. The number of alkyl halides is 3. The molecular weight excluding hydrogens is 417 g/mol. The smallest absolute Gasteiger partial charge is 0.326 e. The second-order valence-electron chi connectivity index (χ2n) is 7.45. The fourth-order valence-electron chi connectivity index (χ4n) is 2.87. The van der Waals surface area contributed by atoms with Crippen LogP contribution in [-0.2, 0) is 12.7 Å². The Labute approximate surface area is 184 Å². The Hall–Kier alpha value is -3.68. The summed E-state index contributed by atoms with van der Waals surface area (Å²) < 4.78 is 38.4. The number of nitrogens with one attached hydrogen (secondary N) is 2. The number of benzene rings is 2. The Balaban J connectivity index is 1.81. The van der Waals surface area contributed by atoms with Gasteiger partial charge in [0.2, 0.25) is 5.96 Å². The summed E-state index contributed by atoms with van der Waals surface area (Å²) in [5.74, 6) is -0.0666. The Morgan fingerprint density at radius 3 is 2.34 bits per heavy atom. The Kier molecular flexibility index (Phi) is 7.25. The predicted molar refractivity (Wildman–Crippen MR) is 118 cm³/mol. The lowest BCUT2D eigenvalue weighted by Crippen LogP contribution is -2.36. The number of hydrogen-bond donors (Lipinski definition) is 2. The topological polar surface area (TPSA) is 66.4 Å². The minimum atomic E-state index is -4.46. The number of amides is 1. The zero-order valence-corrected chi connectivity index (χ0v) is 17.6. The summed E-state index contributed by atoms with van der Waals surface area (Å²) in [5.41, 5.74) is 2.01. The van der Waals surface area contributed by atoms with Crippen molar-refractivity contribution in [1.29, 1.82) is 0 Å². The minimum Gasteiger partial charge on any atom is -0.326 e. The van der Waals surface area contributed by atoms with Gasteiger partial charge in [0.1, 0.15) is 0 Å². The van der Waals surface area contributed by atoms with Crippen molar-refractivity contribution in [1.82, 2.24) is 10.3 Å². The molecule has 0 radical (unpaired) electrons. The van der Waals surface area contributed by atoms with E-state index in [2.05, 4.69) is 34.5 Å². The number of aliphatic imine (C=N–C) groups is 1. The van der Waals surface area contributed by atoms with E-state index in [1.165, 1.54) is 0 Å². The monoisotopic (exact) mass is 440 g/mol. The van der Waals surface area contributed by atoms with E-state index in [-0.39, 0.29) is 18.1 Å². The van der Waals surface area contributed by atoms with Crippen molar-refractivity contribution in [2.45, 2.75) is 32.5 Å². The van der Waals surface area contributed by atoms with Crippen LogP contribution < -0.4 is 10.6 Å². The van der Waals surface area contributed by atoms with Crippen molar-refractivity contribution in [3.05, 3.63) is 95.3 Å². The molecule has 166 valence electrons. The first-order valence-electron chi connectivity index (χ1n) is 10.0. The predicted octanol–water partition coefficient (Wildman–Crippen LogP) is 5.62. The SMILES string of the molecule is CC(C)c1cccc(NC(=NCc2ccncc2)NC(=O)c2ccc(C(F)(F)F)cc2)c1. The highest BCUT2D eigenvalue weighted by Crippen LogP contribution is 2.29. The van der Waals surface area contributed by atoms with E-state index in [9.17, 15) is 18.0 Å². The molecule has 0 saturated carbocycles. The average molecular weight is 440 g/mol. The van der Waals surface area contributed by atoms with Crippen LogP contribution in [-0.4, -0.2) is 16.9 Å². The number of rotatable bonds is 5. The molecule has 0 spiro atoms. The van der Waals surface area contributed by atoms with Gasteiger partial charge in [-0.25, -0.2) is 4.99 Å². The molecule has 1 aromatic heterocycles. The summed E-state index contributed by atoms with van der Waals surface area (Å²) in [6.45, 7) is 4.43. The van der Waals surface area contributed by atoms with Crippen LogP contribution in [0.5, 0.6) is 0 Å². The molecule has 3 aromatic rings. The number of pyridine rings is 1. The molecule has 0 aliphatic rings. The van der Waals surface area contributed by atoms with Gasteiger partial charge in [-0.05, 0) is 65.6 Å². The number of aromatic nitrogens is 1. The van der Waals surface area contributed by atoms with Crippen LogP contribution in [0.2, 0.25) is 0 Å². The van der Waals surface area contributed by atoms with E-state index < -0.39 is 17.6 Å². The molecule has 0 atom stereocenters. The van der Waals surface area contributed by atoms with Crippen molar-refractivity contribution in [3.8, 4) is 0 Å². The van der Waals surface area contributed by atoms with Crippen LogP contribution in [0.25, 0.3) is 0 Å². The molecule has 0 aliphatic heterocycles. The highest BCUT2D eigenvalue weighted by atomic mass is 19.4. The standard InChI is InChI=1S/C24H23F3N4O/c1-16(2)19-4-3-5-21(14-19)30-23(29-15-17-10-12-28-13-11-17)31-22(32)18-6-8-20(9-7-18)24(25,26)27/h3-14,16H,15H2,1-2H3,(H2,29,30,31,32).